The van der Waals surface area contributed by atoms with Crippen molar-refractivity contribution in [2.45, 2.75) is 18.4 Å². The Morgan fingerprint density at radius 1 is 1.00 bits per heavy atom. The summed E-state index contributed by atoms with van der Waals surface area (Å²) in [4.78, 5) is 11.5. The number of nitrogens with zero attached hydrogens (tertiary/aromatic N) is 1. The molecular formula is C17H17F3N2O3S. The van der Waals surface area contributed by atoms with E-state index in [0.717, 1.165) is 4.31 Å². The summed E-state index contributed by atoms with van der Waals surface area (Å²) in [6.45, 7) is 1.01. The van der Waals surface area contributed by atoms with Crippen molar-refractivity contribution in [3.8, 4) is 0 Å². The topological polar surface area (TPSA) is 66.5 Å². The van der Waals surface area contributed by atoms with Crippen LogP contribution < -0.4 is 5.32 Å². The molecule has 0 aliphatic rings. The normalized spacial score (nSPS) is 11.6. The van der Waals surface area contributed by atoms with Crippen LogP contribution >= 0.6 is 0 Å². The van der Waals surface area contributed by atoms with E-state index in [9.17, 15) is 26.4 Å². The molecule has 140 valence electrons. The van der Waals surface area contributed by atoms with Gasteiger partial charge < -0.3 is 5.32 Å². The van der Waals surface area contributed by atoms with Gasteiger partial charge in [0.05, 0.1) is 11.4 Å². The van der Waals surface area contributed by atoms with Crippen LogP contribution in [0.25, 0.3) is 0 Å². The Morgan fingerprint density at radius 3 is 2.12 bits per heavy atom. The minimum absolute atomic E-state index is 0.0650. The quantitative estimate of drug-likeness (QED) is 0.795. The molecule has 2 aromatic rings. The minimum Gasteiger partial charge on any atom is -0.351 e. The van der Waals surface area contributed by atoms with Crippen molar-refractivity contribution < 1.29 is 26.4 Å². The van der Waals surface area contributed by atoms with Crippen LogP contribution in [0.1, 0.15) is 12.5 Å². The van der Waals surface area contributed by atoms with Crippen molar-refractivity contribution in [2.75, 3.05) is 13.1 Å². The third kappa shape index (κ3) is 5.06. The number of carbonyl (C=O) groups is 1. The standard InChI is InChI=1S/C17H17F3N2O3S/c1-2-22(26(24,25)16-8-14(19)7-15(20)9-16)11-17(23)21-10-12-3-5-13(18)6-4-12/h3-9H,2,10-11H2,1H3,(H,21,23). The highest BCUT2D eigenvalue weighted by atomic mass is 32.2. The predicted octanol–water partition coefficient (Wildman–Crippen LogP) is 2.43. The SMILES string of the molecule is CCN(CC(=O)NCc1ccc(F)cc1)S(=O)(=O)c1cc(F)cc(F)c1. The molecule has 9 heteroatoms. The number of benzene rings is 2. The first-order valence-corrected chi connectivity index (χ1v) is 9.13. The summed E-state index contributed by atoms with van der Waals surface area (Å²) < 4.78 is 65.2. The molecule has 0 atom stereocenters. The molecule has 0 spiro atoms. The molecule has 5 nitrogen and oxygen atoms in total. The molecular weight excluding hydrogens is 369 g/mol. The van der Waals surface area contributed by atoms with Crippen molar-refractivity contribution in [1.82, 2.24) is 9.62 Å². The molecule has 26 heavy (non-hydrogen) atoms. The Morgan fingerprint density at radius 2 is 1.58 bits per heavy atom. The first kappa shape index (κ1) is 19.9. The van der Waals surface area contributed by atoms with E-state index in [1.165, 1.54) is 31.2 Å². The fourth-order valence-corrected chi connectivity index (χ4v) is 3.66. The number of nitrogens with one attached hydrogen (secondary N) is 1. The van der Waals surface area contributed by atoms with Crippen molar-refractivity contribution >= 4 is 15.9 Å². The first-order valence-electron chi connectivity index (χ1n) is 7.69. The van der Waals surface area contributed by atoms with Gasteiger partial charge in [0.1, 0.15) is 17.5 Å². The number of carbonyl (C=O) groups excluding carboxylic acids is 1. The van der Waals surface area contributed by atoms with Gasteiger partial charge in [-0.05, 0) is 29.8 Å². The lowest BCUT2D eigenvalue weighted by Crippen LogP contribution is -2.40. The van der Waals surface area contributed by atoms with Crippen LogP contribution in [0.4, 0.5) is 13.2 Å². The monoisotopic (exact) mass is 386 g/mol. The minimum atomic E-state index is -4.24. The molecule has 1 amide bonds. The van der Waals surface area contributed by atoms with Crippen LogP contribution in [0.2, 0.25) is 0 Å². The van der Waals surface area contributed by atoms with E-state index < -0.39 is 44.8 Å². The Labute approximate surface area is 149 Å². The van der Waals surface area contributed by atoms with Crippen LogP contribution in [0.5, 0.6) is 0 Å². The summed E-state index contributed by atoms with van der Waals surface area (Å²) in [5.74, 6) is -3.07. The average Bonchev–Trinajstić information content (AvgIpc) is 2.58. The second-order valence-corrected chi connectivity index (χ2v) is 7.38. The zero-order valence-electron chi connectivity index (χ0n) is 13.9. The van der Waals surface area contributed by atoms with Crippen molar-refractivity contribution in [2.24, 2.45) is 0 Å². The third-order valence-electron chi connectivity index (χ3n) is 3.55. The van der Waals surface area contributed by atoms with Gasteiger partial charge in [0.2, 0.25) is 15.9 Å². The average molecular weight is 386 g/mol. The number of halogens is 3. The van der Waals surface area contributed by atoms with Crippen LogP contribution in [0.15, 0.2) is 47.4 Å². The summed E-state index contributed by atoms with van der Waals surface area (Å²) in [5.41, 5.74) is 0.637. The smallest absolute Gasteiger partial charge is 0.243 e. The second-order valence-electron chi connectivity index (χ2n) is 5.44. The van der Waals surface area contributed by atoms with Gasteiger partial charge >= 0.3 is 0 Å². The highest BCUT2D eigenvalue weighted by Crippen LogP contribution is 2.18. The lowest BCUT2D eigenvalue weighted by Gasteiger charge is -2.20. The van der Waals surface area contributed by atoms with Gasteiger partial charge in [-0.3, -0.25) is 4.79 Å². The number of amides is 1. The van der Waals surface area contributed by atoms with E-state index >= 15 is 0 Å². The van der Waals surface area contributed by atoms with Crippen LogP contribution in [-0.2, 0) is 21.4 Å². The fraction of sp³-hybridized carbons (Fsp3) is 0.235. The van der Waals surface area contributed by atoms with Crippen molar-refractivity contribution in [3.05, 3.63) is 65.5 Å². The highest BCUT2D eigenvalue weighted by molar-refractivity contribution is 7.89. The number of hydrogen-bond acceptors (Lipinski definition) is 3. The Bertz CT molecular complexity index is 866. The van der Waals surface area contributed by atoms with Gasteiger partial charge in [0.25, 0.3) is 0 Å². The third-order valence-corrected chi connectivity index (χ3v) is 5.45. The number of rotatable bonds is 7. The first-order chi connectivity index (χ1) is 12.2. The summed E-state index contributed by atoms with van der Waals surface area (Å²) in [6, 6.07) is 7.39. The van der Waals surface area contributed by atoms with E-state index in [0.29, 0.717) is 23.8 Å². The molecule has 0 aromatic heterocycles. The Kier molecular flexibility index (Phi) is 6.38. The van der Waals surface area contributed by atoms with Gasteiger partial charge in [-0.1, -0.05) is 19.1 Å². The van der Waals surface area contributed by atoms with E-state index in [1.54, 1.807) is 0 Å². The van der Waals surface area contributed by atoms with Crippen LogP contribution in [-0.4, -0.2) is 31.7 Å². The molecule has 0 fully saturated rings. The summed E-state index contributed by atoms with van der Waals surface area (Å²) in [7, 11) is -4.24. The number of hydrogen-bond donors (Lipinski definition) is 1. The van der Waals surface area contributed by atoms with E-state index in [2.05, 4.69) is 5.32 Å². The molecule has 0 bridgehead atoms. The van der Waals surface area contributed by atoms with Crippen LogP contribution in [0, 0.1) is 17.5 Å². The highest BCUT2D eigenvalue weighted by Gasteiger charge is 2.26. The fourth-order valence-electron chi connectivity index (χ4n) is 2.21. The maximum atomic E-state index is 13.3. The number of sulfonamides is 1. The van der Waals surface area contributed by atoms with E-state index in [-0.39, 0.29) is 13.1 Å². The van der Waals surface area contributed by atoms with Gasteiger partial charge in [-0.15, -0.1) is 0 Å². The lowest BCUT2D eigenvalue weighted by molar-refractivity contribution is -0.121. The van der Waals surface area contributed by atoms with Crippen LogP contribution in [0.3, 0.4) is 0 Å². The molecule has 0 saturated carbocycles. The summed E-state index contributed by atoms with van der Waals surface area (Å²) in [5, 5.41) is 2.51. The van der Waals surface area contributed by atoms with E-state index in [1.807, 2.05) is 0 Å². The summed E-state index contributed by atoms with van der Waals surface area (Å²) >= 11 is 0. The molecule has 2 aromatic carbocycles. The second kappa shape index (κ2) is 8.33. The Hall–Kier alpha value is -2.39. The van der Waals surface area contributed by atoms with E-state index in [4.69, 9.17) is 0 Å². The molecule has 0 unspecified atom stereocenters. The molecule has 1 N–H and O–H groups in total. The zero-order valence-corrected chi connectivity index (χ0v) is 14.7. The zero-order chi connectivity index (χ0) is 19.3. The van der Waals surface area contributed by atoms with Gasteiger partial charge in [0.15, 0.2) is 0 Å². The van der Waals surface area contributed by atoms with Crippen molar-refractivity contribution in [1.29, 1.82) is 0 Å². The maximum Gasteiger partial charge on any atom is 0.243 e. The molecule has 0 aliphatic carbocycles. The van der Waals surface area contributed by atoms with Crippen molar-refractivity contribution in [3.63, 3.8) is 0 Å². The molecule has 0 aliphatic heterocycles. The molecule has 0 saturated heterocycles. The summed E-state index contributed by atoms with van der Waals surface area (Å²) in [6.07, 6.45) is 0. The maximum absolute atomic E-state index is 13.3. The predicted molar refractivity (Wildman–Crippen MR) is 89.0 cm³/mol. The van der Waals surface area contributed by atoms with Gasteiger partial charge in [-0.25, -0.2) is 21.6 Å². The Balaban J connectivity index is 2.07. The largest absolute Gasteiger partial charge is 0.351 e. The molecule has 0 radical (unpaired) electrons. The van der Waals surface area contributed by atoms with Gasteiger partial charge in [0, 0.05) is 19.2 Å². The molecule has 2 rings (SSSR count). The lowest BCUT2D eigenvalue weighted by atomic mass is 10.2. The van der Waals surface area contributed by atoms with Gasteiger partial charge in [-0.2, -0.15) is 4.31 Å². The number of likely N-dealkylation sites (N-methyl/N-ethyl adjacent to an activating group) is 1. The molecule has 0 heterocycles.